The van der Waals surface area contributed by atoms with Gasteiger partial charge in [-0.3, -0.25) is 0 Å². The number of hydrogen-bond acceptors (Lipinski definition) is 4. The van der Waals surface area contributed by atoms with Crippen molar-refractivity contribution < 1.29 is 10.3 Å². The van der Waals surface area contributed by atoms with E-state index in [2.05, 4.69) is 10.1 Å². The maximum atomic E-state index is 9.04. The van der Waals surface area contributed by atoms with Crippen LogP contribution in [-0.2, 0) is 0 Å². The minimum absolute atomic E-state index is 0.129. The van der Waals surface area contributed by atoms with Gasteiger partial charge in [-0.25, -0.2) is 0 Å². The molecule has 4 N–H and O–H groups in total. The molecule has 1 aliphatic carbocycles. The molecule has 5 heteroatoms. The monoisotopic (exact) mass is 263 g/mol. The van der Waals surface area contributed by atoms with E-state index in [9.17, 15) is 0 Å². The first kappa shape index (κ1) is 13.7. The van der Waals surface area contributed by atoms with Crippen LogP contribution < -0.4 is 10.6 Å². The van der Waals surface area contributed by atoms with E-state index >= 15 is 0 Å². The number of amidine groups is 1. The lowest BCUT2D eigenvalue weighted by atomic mass is 9.90. The van der Waals surface area contributed by atoms with Crippen molar-refractivity contribution in [2.75, 3.05) is 18.1 Å². The molecule has 1 aromatic carbocycles. The molecule has 0 unspecified atom stereocenters. The number of para-hydroxylation sites is 1. The number of benzene rings is 1. The highest BCUT2D eigenvalue weighted by Crippen LogP contribution is 2.31. The Hall–Kier alpha value is -1.75. The Morgan fingerprint density at radius 2 is 2.11 bits per heavy atom. The predicted octanol–water partition coefficient (Wildman–Crippen LogP) is 1.52. The minimum Gasteiger partial charge on any atom is -0.409 e. The van der Waals surface area contributed by atoms with Gasteiger partial charge in [-0.1, -0.05) is 17.3 Å². The Labute approximate surface area is 113 Å². The molecule has 0 bridgehead atoms. The SMILES string of the molecule is N/C(=N/O)c1ccccc1N(CCCO)C1CCC1. The number of aliphatic hydroxyl groups excluding tert-OH is 1. The highest BCUT2D eigenvalue weighted by Gasteiger charge is 2.26. The summed E-state index contributed by atoms with van der Waals surface area (Å²) in [5.41, 5.74) is 7.47. The first-order valence-corrected chi connectivity index (χ1v) is 6.72. The molecule has 0 saturated heterocycles. The van der Waals surface area contributed by atoms with Crippen molar-refractivity contribution in [3.8, 4) is 0 Å². The highest BCUT2D eigenvalue weighted by molar-refractivity contribution is 6.02. The summed E-state index contributed by atoms with van der Waals surface area (Å²) in [6.07, 6.45) is 4.29. The zero-order chi connectivity index (χ0) is 13.7. The van der Waals surface area contributed by atoms with Crippen LogP contribution in [0.2, 0.25) is 0 Å². The highest BCUT2D eigenvalue weighted by atomic mass is 16.4. The molecule has 0 amide bonds. The van der Waals surface area contributed by atoms with Gasteiger partial charge in [0, 0.05) is 30.4 Å². The van der Waals surface area contributed by atoms with Crippen LogP contribution in [0.15, 0.2) is 29.4 Å². The van der Waals surface area contributed by atoms with Crippen LogP contribution in [0.4, 0.5) is 5.69 Å². The van der Waals surface area contributed by atoms with Crippen molar-refractivity contribution in [3.05, 3.63) is 29.8 Å². The third kappa shape index (κ3) is 2.98. The first-order valence-electron chi connectivity index (χ1n) is 6.72. The molecule has 0 heterocycles. The number of anilines is 1. The molecule has 0 aromatic heterocycles. The van der Waals surface area contributed by atoms with E-state index < -0.39 is 0 Å². The van der Waals surface area contributed by atoms with Crippen molar-refractivity contribution in [1.82, 2.24) is 0 Å². The summed E-state index contributed by atoms with van der Waals surface area (Å²) < 4.78 is 0. The molecule has 0 radical (unpaired) electrons. The van der Waals surface area contributed by atoms with Gasteiger partial charge in [0.25, 0.3) is 0 Å². The van der Waals surface area contributed by atoms with Crippen molar-refractivity contribution in [1.29, 1.82) is 0 Å². The lowest BCUT2D eigenvalue weighted by Gasteiger charge is -2.40. The van der Waals surface area contributed by atoms with Crippen LogP contribution in [0.1, 0.15) is 31.2 Å². The summed E-state index contributed by atoms with van der Waals surface area (Å²) in [4.78, 5) is 2.27. The molecular weight excluding hydrogens is 242 g/mol. The zero-order valence-corrected chi connectivity index (χ0v) is 11.0. The van der Waals surface area contributed by atoms with Crippen molar-refractivity contribution in [2.24, 2.45) is 10.9 Å². The van der Waals surface area contributed by atoms with Crippen LogP contribution in [0.5, 0.6) is 0 Å². The molecule has 1 aromatic rings. The van der Waals surface area contributed by atoms with Gasteiger partial charge in [-0.05, 0) is 37.8 Å². The summed E-state index contributed by atoms with van der Waals surface area (Å²) in [7, 11) is 0. The average molecular weight is 263 g/mol. The van der Waals surface area contributed by atoms with E-state index in [0.29, 0.717) is 6.04 Å². The smallest absolute Gasteiger partial charge is 0.172 e. The summed E-state index contributed by atoms with van der Waals surface area (Å²) >= 11 is 0. The quantitative estimate of drug-likeness (QED) is 0.314. The summed E-state index contributed by atoms with van der Waals surface area (Å²) in [6, 6.07) is 8.17. The first-order chi connectivity index (χ1) is 9.27. The average Bonchev–Trinajstić information content (AvgIpc) is 2.40. The number of nitrogens with zero attached hydrogens (tertiary/aromatic N) is 2. The maximum absolute atomic E-state index is 9.04. The normalized spacial score (nSPS) is 16.2. The van der Waals surface area contributed by atoms with Gasteiger partial charge >= 0.3 is 0 Å². The van der Waals surface area contributed by atoms with E-state index in [-0.39, 0.29) is 12.4 Å². The molecule has 1 aliphatic rings. The van der Waals surface area contributed by atoms with Gasteiger partial charge in [0.2, 0.25) is 0 Å². The summed E-state index contributed by atoms with van der Waals surface area (Å²) in [6.45, 7) is 0.964. The molecule has 2 rings (SSSR count). The second-order valence-electron chi connectivity index (χ2n) is 4.86. The van der Waals surface area contributed by atoms with Crippen LogP contribution in [-0.4, -0.2) is 35.3 Å². The maximum Gasteiger partial charge on any atom is 0.172 e. The second-order valence-corrected chi connectivity index (χ2v) is 4.86. The number of aliphatic hydroxyl groups is 1. The van der Waals surface area contributed by atoms with Crippen LogP contribution >= 0.6 is 0 Å². The summed E-state index contributed by atoms with van der Waals surface area (Å²) in [5, 5.41) is 21.0. The third-order valence-electron chi connectivity index (χ3n) is 3.67. The largest absolute Gasteiger partial charge is 0.409 e. The van der Waals surface area contributed by atoms with Gasteiger partial charge in [0.15, 0.2) is 5.84 Å². The fraction of sp³-hybridized carbons (Fsp3) is 0.500. The van der Waals surface area contributed by atoms with Crippen LogP contribution in [0, 0.1) is 0 Å². The molecule has 104 valence electrons. The number of rotatable bonds is 6. The van der Waals surface area contributed by atoms with E-state index in [1.807, 2.05) is 24.3 Å². The molecule has 0 spiro atoms. The van der Waals surface area contributed by atoms with E-state index in [1.165, 1.54) is 6.42 Å². The van der Waals surface area contributed by atoms with E-state index in [0.717, 1.165) is 37.1 Å². The number of hydrogen-bond donors (Lipinski definition) is 3. The molecule has 0 atom stereocenters. The Morgan fingerprint density at radius 1 is 1.37 bits per heavy atom. The molecule has 19 heavy (non-hydrogen) atoms. The standard InChI is InChI=1S/C14H21N3O2/c15-14(16-19)12-7-1-2-8-13(12)17(9-4-10-18)11-5-3-6-11/h1-2,7-8,11,18-19H,3-6,9-10H2,(H2,15,16). The zero-order valence-electron chi connectivity index (χ0n) is 11.0. The van der Waals surface area contributed by atoms with Gasteiger partial charge < -0.3 is 20.9 Å². The minimum atomic E-state index is 0.129. The summed E-state index contributed by atoms with van der Waals surface area (Å²) in [5.74, 6) is 0.129. The van der Waals surface area contributed by atoms with Gasteiger partial charge in [0.05, 0.1) is 0 Å². The van der Waals surface area contributed by atoms with Crippen molar-refractivity contribution in [3.63, 3.8) is 0 Å². The lowest BCUT2D eigenvalue weighted by molar-refractivity contribution is 0.283. The predicted molar refractivity (Wildman–Crippen MR) is 75.6 cm³/mol. The van der Waals surface area contributed by atoms with E-state index in [4.69, 9.17) is 16.0 Å². The Morgan fingerprint density at radius 3 is 2.68 bits per heavy atom. The Bertz CT molecular complexity index is 444. The van der Waals surface area contributed by atoms with Gasteiger partial charge in [-0.15, -0.1) is 0 Å². The topological polar surface area (TPSA) is 82.1 Å². The van der Waals surface area contributed by atoms with Gasteiger partial charge in [0.1, 0.15) is 0 Å². The van der Waals surface area contributed by atoms with Gasteiger partial charge in [-0.2, -0.15) is 0 Å². The molecule has 5 nitrogen and oxygen atoms in total. The molecular formula is C14H21N3O2. The van der Waals surface area contributed by atoms with Crippen molar-refractivity contribution in [2.45, 2.75) is 31.7 Å². The molecule has 1 saturated carbocycles. The fourth-order valence-electron chi connectivity index (χ4n) is 2.43. The lowest BCUT2D eigenvalue weighted by Crippen LogP contribution is -2.42. The van der Waals surface area contributed by atoms with Crippen LogP contribution in [0.25, 0.3) is 0 Å². The van der Waals surface area contributed by atoms with E-state index in [1.54, 1.807) is 0 Å². The Balaban J connectivity index is 2.29. The number of nitrogens with two attached hydrogens (primary N) is 1. The third-order valence-corrected chi connectivity index (χ3v) is 3.67. The Kier molecular flexibility index (Phi) is 4.63. The van der Waals surface area contributed by atoms with Crippen LogP contribution in [0.3, 0.4) is 0 Å². The fourth-order valence-corrected chi connectivity index (χ4v) is 2.43. The number of oxime groups is 1. The molecule has 1 fully saturated rings. The second kappa shape index (κ2) is 6.43. The van der Waals surface area contributed by atoms with Crippen molar-refractivity contribution >= 4 is 11.5 Å². The molecule has 0 aliphatic heterocycles.